The average Bonchev–Trinajstić information content (AvgIpc) is 2.68. The van der Waals surface area contributed by atoms with Crippen molar-refractivity contribution in [2.45, 2.75) is 12.6 Å². The molecule has 0 bridgehead atoms. The van der Waals surface area contributed by atoms with E-state index in [9.17, 15) is 4.79 Å². The van der Waals surface area contributed by atoms with Gasteiger partial charge in [-0.15, -0.1) is 0 Å². The highest BCUT2D eigenvalue weighted by atomic mass is 16.6. The molecule has 0 radical (unpaired) electrons. The third-order valence-electron chi connectivity index (χ3n) is 4.58. The molecule has 0 saturated carbocycles. The number of rotatable bonds is 3. The Labute approximate surface area is 147 Å². The first-order chi connectivity index (χ1) is 12.3. The molecule has 25 heavy (non-hydrogen) atoms. The van der Waals surface area contributed by atoms with Crippen LogP contribution in [0.3, 0.4) is 0 Å². The van der Waals surface area contributed by atoms with E-state index in [0.29, 0.717) is 24.6 Å². The third kappa shape index (κ3) is 3.58. The van der Waals surface area contributed by atoms with E-state index in [1.807, 2.05) is 53.6 Å². The topological polar surface area (TPSA) is 54.9 Å². The van der Waals surface area contributed by atoms with E-state index < -0.39 is 6.10 Å². The molecule has 3 heterocycles. The van der Waals surface area contributed by atoms with Gasteiger partial charge in [0.1, 0.15) is 6.61 Å². The van der Waals surface area contributed by atoms with Gasteiger partial charge in [-0.25, -0.2) is 0 Å². The molecule has 2 aromatic rings. The highest BCUT2D eigenvalue weighted by Gasteiger charge is 2.32. The molecule has 2 aliphatic rings. The van der Waals surface area contributed by atoms with Gasteiger partial charge >= 0.3 is 0 Å². The zero-order valence-corrected chi connectivity index (χ0v) is 14.0. The second kappa shape index (κ2) is 7.11. The van der Waals surface area contributed by atoms with Gasteiger partial charge in [-0.2, -0.15) is 0 Å². The molecule has 6 nitrogen and oxygen atoms in total. The predicted octanol–water partition coefficient (Wildman–Crippen LogP) is 1.57. The van der Waals surface area contributed by atoms with Crippen LogP contribution in [-0.4, -0.2) is 59.6 Å². The summed E-state index contributed by atoms with van der Waals surface area (Å²) in [6.45, 7) is 4.17. The molecule has 1 aromatic carbocycles. The molecule has 0 N–H and O–H groups in total. The molecule has 1 saturated heterocycles. The summed E-state index contributed by atoms with van der Waals surface area (Å²) in [5.41, 5.74) is 1.06. The lowest BCUT2D eigenvalue weighted by molar-refractivity contribution is -0.143. The monoisotopic (exact) mass is 339 g/mol. The van der Waals surface area contributed by atoms with Crippen LogP contribution in [0.5, 0.6) is 11.5 Å². The highest BCUT2D eigenvalue weighted by molar-refractivity contribution is 5.82. The second-order valence-electron chi connectivity index (χ2n) is 6.29. The standard InChI is InChI=1S/C19H21N3O3/c23-19(18-14-24-16-6-1-2-7-17(16)25-18)22-11-9-21(10-12-22)13-15-5-3-4-8-20-15/h1-8,18H,9-14H2. The summed E-state index contributed by atoms with van der Waals surface area (Å²) in [5.74, 6) is 1.35. The number of piperazine rings is 1. The van der Waals surface area contributed by atoms with E-state index >= 15 is 0 Å². The Morgan fingerprint density at radius 2 is 1.80 bits per heavy atom. The summed E-state index contributed by atoms with van der Waals surface area (Å²) in [6.07, 6.45) is 1.25. The van der Waals surface area contributed by atoms with Crippen LogP contribution >= 0.6 is 0 Å². The number of amides is 1. The first-order valence-electron chi connectivity index (χ1n) is 8.59. The summed E-state index contributed by atoms with van der Waals surface area (Å²) >= 11 is 0. The van der Waals surface area contributed by atoms with Gasteiger partial charge in [0.2, 0.25) is 6.10 Å². The van der Waals surface area contributed by atoms with Gasteiger partial charge in [-0.3, -0.25) is 14.7 Å². The first kappa shape index (κ1) is 15.9. The molecule has 130 valence electrons. The Kier molecular flexibility index (Phi) is 4.52. The van der Waals surface area contributed by atoms with Gasteiger partial charge < -0.3 is 14.4 Å². The molecule has 6 heteroatoms. The van der Waals surface area contributed by atoms with Gasteiger partial charge in [0.05, 0.1) is 5.69 Å². The molecule has 4 rings (SSSR count). The van der Waals surface area contributed by atoms with Crippen LogP contribution < -0.4 is 9.47 Å². The number of pyridine rings is 1. The van der Waals surface area contributed by atoms with Crippen LogP contribution in [0.15, 0.2) is 48.7 Å². The van der Waals surface area contributed by atoms with E-state index in [2.05, 4.69) is 9.88 Å². The number of ether oxygens (including phenoxy) is 2. The number of para-hydroxylation sites is 2. The fourth-order valence-corrected chi connectivity index (χ4v) is 3.19. The molecule has 0 spiro atoms. The maximum atomic E-state index is 12.7. The summed E-state index contributed by atoms with van der Waals surface area (Å²) in [4.78, 5) is 21.3. The Balaban J connectivity index is 1.31. The average molecular weight is 339 g/mol. The Hall–Kier alpha value is -2.60. The van der Waals surface area contributed by atoms with Gasteiger partial charge in [0.15, 0.2) is 11.5 Å². The maximum absolute atomic E-state index is 12.7. The fourth-order valence-electron chi connectivity index (χ4n) is 3.19. The molecule has 2 aliphatic heterocycles. The number of hydrogen-bond acceptors (Lipinski definition) is 5. The number of benzene rings is 1. The molecule has 1 fully saturated rings. The molecule has 0 aliphatic carbocycles. The number of carbonyl (C=O) groups excluding carboxylic acids is 1. The van der Waals surface area contributed by atoms with Crippen molar-refractivity contribution in [3.8, 4) is 11.5 Å². The molecule has 1 amide bonds. The summed E-state index contributed by atoms with van der Waals surface area (Å²) < 4.78 is 11.5. The predicted molar refractivity (Wildman–Crippen MR) is 92.4 cm³/mol. The van der Waals surface area contributed by atoms with Gasteiger partial charge in [0, 0.05) is 38.9 Å². The lowest BCUT2D eigenvalue weighted by Gasteiger charge is -2.37. The minimum Gasteiger partial charge on any atom is -0.485 e. The number of fused-ring (bicyclic) bond motifs is 1. The van der Waals surface area contributed by atoms with Crippen LogP contribution in [0.25, 0.3) is 0 Å². The fraction of sp³-hybridized carbons (Fsp3) is 0.368. The van der Waals surface area contributed by atoms with E-state index in [0.717, 1.165) is 25.3 Å². The Morgan fingerprint density at radius 3 is 2.56 bits per heavy atom. The van der Waals surface area contributed by atoms with Gasteiger partial charge in [-0.05, 0) is 24.3 Å². The van der Waals surface area contributed by atoms with Gasteiger partial charge in [-0.1, -0.05) is 18.2 Å². The zero-order valence-electron chi connectivity index (χ0n) is 14.0. The number of nitrogens with zero attached hydrogens (tertiary/aromatic N) is 3. The minimum absolute atomic E-state index is 0.00647. The lowest BCUT2D eigenvalue weighted by atomic mass is 10.2. The van der Waals surface area contributed by atoms with Crippen molar-refractivity contribution in [1.82, 2.24) is 14.8 Å². The third-order valence-corrected chi connectivity index (χ3v) is 4.58. The van der Waals surface area contributed by atoms with Crippen molar-refractivity contribution in [1.29, 1.82) is 0 Å². The quantitative estimate of drug-likeness (QED) is 0.850. The largest absolute Gasteiger partial charge is 0.485 e. The van der Waals surface area contributed by atoms with E-state index in [1.54, 1.807) is 0 Å². The Morgan fingerprint density at radius 1 is 1.04 bits per heavy atom. The van der Waals surface area contributed by atoms with Crippen LogP contribution in [0.4, 0.5) is 0 Å². The summed E-state index contributed by atoms with van der Waals surface area (Å²) in [6, 6.07) is 13.4. The minimum atomic E-state index is -0.558. The number of carbonyl (C=O) groups is 1. The van der Waals surface area contributed by atoms with Crippen molar-refractivity contribution >= 4 is 5.91 Å². The van der Waals surface area contributed by atoms with Crippen molar-refractivity contribution in [2.75, 3.05) is 32.8 Å². The SMILES string of the molecule is O=C(C1COc2ccccc2O1)N1CCN(Cc2ccccn2)CC1. The van der Waals surface area contributed by atoms with Crippen LogP contribution in [0.1, 0.15) is 5.69 Å². The van der Waals surface area contributed by atoms with Crippen LogP contribution in [0.2, 0.25) is 0 Å². The van der Waals surface area contributed by atoms with Crippen molar-refractivity contribution in [3.63, 3.8) is 0 Å². The van der Waals surface area contributed by atoms with Crippen LogP contribution in [0, 0.1) is 0 Å². The maximum Gasteiger partial charge on any atom is 0.267 e. The van der Waals surface area contributed by atoms with E-state index in [-0.39, 0.29) is 12.5 Å². The summed E-state index contributed by atoms with van der Waals surface area (Å²) in [5, 5.41) is 0. The molecule has 1 unspecified atom stereocenters. The second-order valence-corrected chi connectivity index (χ2v) is 6.29. The highest BCUT2D eigenvalue weighted by Crippen LogP contribution is 2.31. The smallest absolute Gasteiger partial charge is 0.267 e. The molecular weight excluding hydrogens is 318 g/mol. The van der Waals surface area contributed by atoms with Crippen LogP contribution in [-0.2, 0) is 11.3 Å². The molecule has 1 atom stereocenters. The molecular formula is C19H21N3O3. The normalized spacial score (nSPS) is 20.3. The van der Waals surface area contributed by atoms with Crippen molar-refractivity contribution in [3.05, 3.63) is 54.4 Å². The van der Waals surface area contributed by atoms with E-state index in [1.165, 1.54) is 0 Å². The van der Waals surface area contributed by atoms with Crippen molar-refractivity contribution in [2.24, 2.45) is 0 Å². The van der Waals surface area contributed by atoms with E-state index in [4.69, 9.17) is 9.47 Å². The number of hydrogen-bond donors (Lipinski definition) is 0. The first-order valence-corrected chi connectivity index (χ1v) is 8.59. The Bertz CT molecular complexity index is 730. The summed E-state index contributed by atoms with van der Waals surface area (Å²) in [7, 11) is 0. The van der Waals surface area contributed by atoms with Gasteiger partial charge in [0.25, 0.3) is 5.91 Å². The molecule has 1 aromatic heterocycles. The lowest BCUT2D eigenvalue weighted by Crippen LogP contribution is -2.53. The zero-order chi connectivity index (χ0) is 17.1. The van der Waals surface area contributed by atoms with Crippen molar-refractivity contribution < 1.29 is 14.3 Å². The number of aromatic nitrogens is 1.